The lowest BCUT2D eigenvalue weighted by Gasteiger charge is -2.08. The number of oxazole rings is 1. The number of nitrogens with one attached hydrogen (secondary N) is 2. The van der Waals surface area contributed by atoms with Gasteiger partial charge in [-0.25, -0.2) is 4.98 Å². The van der Waals surface area contributed by atoms with Crippen LogP contribution in [0.25, 0.3) is 11.3 Å². The Bertz CT molecular complexity index is 856. The minimum Gasteiger partial charge on any atom is -0.446 e. The lowest BCUT2D eigenvalue weighted by molar-refractivity contribution is 0.0966. The Morgan fingerprint density at radius 2 is 2.00 bits per heavy atom. The number of rotatable bonds is 4. The number of fused-ring (bicyclic) bond motifs is 1. The second-order valence-corrected chi connectivity index (χ2v) is 5.36. The van der Waals surface area contributed by atoms with Crippen molar-refractivity contribution < 1.29 is 9.21 Å². The molecule has 4 rings (SSSR count). The van der Waals surface area contributed by atoms with Crippen molar-refractivity contribution >= 4 is 11.6 Å². The van der Waals surface area contributed by atoms with Crippen LogP contribution in [-0.2, 0) is 13.1 Å². The number of aromatic nitrogens is 1. The predicted octanol–water partition coefficient (Wildman–Crippen LogP) is 3.20. The molecule has 0 bridgehead atoms. The molecule has 1 aromatic heterocycles. The molecule has 0 radical (unpaired) electrons. The van der Waals surface area contributed by atoms with Gasteiger partial charge in [-0.2, -0.15) is 0 Å². The van der Waals surface area contributed by atoms with Crippen molar-refractivity contribution in [2.24, 2.45) is 0 Å². The quantitative estimate of drug-likeness (QED) is 0.777. The van der Waals surface area contributed by atoms with E-state index in [2.05, 4.69) is 15.6 Å². The van der Waals surface area contributed by atoms with Crippen molar-refractivity contribution in [2.75, 3.05) is 5.32 Å². The van der Waals surface area contributed by atoms with Crippen LogP contribution in [0.2, 0.25) is 0 Å². The Kier molecular flexibility index (Phi) is 3.31. The zero-order valence-electron chi connectivity index (χ0n) is 12.4. The van der Waals surface area contributed by atoms with E-state index in [0.29, 0.717) is 19.0 Å². The largest absolute Gasteiger partial charge is 0.446 e. The van der Waals surface area contributed by atoms with Crippen molar-refractivity contribution in [3.05, 3.63) is 71.8 Å². The predicted molar refractivity (Wildman–Crippen MR) is 86.9 cm³/mol. The SMILES string of the molecule is O=C1NCc2c(NCc3nc(-c4ccccc4)co3)cccc21. The molecule has 1 aliphatic heterocycles. The highest BCUT2D eigenvalue weighted by Crippen LogP contribution is 2.25. The maximum absolute atomic E-state index is 11.7. The van der Waals surface area contributed by atoms with Crippen molar-refractivity contribution in [1.29, 1.82) is 0 Å². The summed E-state index contributed by atoms with van der Waals surface area (Å²) in [5.41, 5.74) is 4.50. The van der Waals surface area contributed by atoms with Crippen LogP contribution in [0.5, 0.6) is 0 Å². The second kappa shape index (κ2) is 5.61. The van der Waals surface area contributed by atoms with E-state index >= 15 is 0 Å². The summed E-state index contributed by atoms with van der Waals surface area (Å²) in [7, 11) is 0. The van der Waals surface area contributed by atoms with Crippen LogP contribution in [0.4, 0.5) is 5.69 Å². The van der Waals surface area contributed by atoms with Crippen molar-refractivity contribution in [1.82, 2.24) is 10.3 Å². The lowest BCUT2D eigenvalue weighted by atomic mass is 10.1. The van der Waals surface area contributed by atoms with Gasteiger partial charge in [0, 0.05) is 28.9 Å². The van der Waals surface area contributed by atoms with E-state index in [1.165, 1.54) is 0 Å². The summed E-state index contributed by atoms with van der Waals surface area (Å²) in [6.45, 7) is 1.02. The number of hydrogen-bond acceptors (Lipinski definition) is 4. The highest BCUT2D eigenvalue weighted by Gasteiger charge is 2.21. The van der Waals surface area contributed by atoms with Crippen molar-refractivity contribution in [3.8, 4) is 11.3 Å². The molecule has 114 valence electrons. The molecular weight excluding hydrogens is 290 g/mol. The minimum absolute atomic E-state index is 0.0221. The van der Waals surface area contributed by atoms with Crippen LogP contribution in [0.3, 0.4) is 0 Å². The van der Waals surface area contributed by atoms with Gasteiger partial charge in [-0.15, -0.1) is 0 Å². The topological polar surface area (TPSA) is 67.2 Å². The van der Waals surface area contributed by atoms with Gasteiger partial charge in [-0.1, -0.05) is 36.4 Å². The van der Waals surface area contributed by atoms with E-state index in [-0.39, 0.29) is 5.91 Å². The van der Waals surface area contributed by atoms with Gasteiger partial charge in [0.1, 0.15) is 12.0 Å². The number of carbonyl (C=O) groups is 1. The average molecular weight is 305 g/mol. The molecule has 0 aliphatic carbocycles. The lowest BCUT2D eigenvalue weighted by Crippen LogP contribution is -2.12. The number of carbonyl (C=O) groups excluding carboxylic acids is 1. The third-order valence-electron chi connectivity index (χ3n) is 3.90. The van der Waals surface area contributed by atoms with Gasteiger partial charge in [-0.3, -0.25) is 4.79 Å². The third kappa shape index (κ3) is 2.57. The Morgan fingerprint density at radius 1 is 1.13 bits per heavy atom. The minimum atomic E-state index is -0.0221. The number of anilines is 1. The van der Waals surface area contributed by atoms with Gasteiger partial charge in [0.25, 0.3) is 5.91 Å². The summed E-state index contributed by atoms with van der Waals surface area (Å²) in [6, 6.07) is 15.6. The van der Waals surface area contributed by atoms with Crippen LogP contribution < -0.4 is 10.6 Å². The maximum Gasteiger partial charge on any atom is 0.251 e. The molecule has 1 amide bonds. The zero-order chi connectivity index (χ0) is 15.6. The second-order valence-electron chi connectivity index (χ2n) is 5.36. The van der Waals surface area contributed by atoms with E-state index in [0.717, 1.165) is 28.1 Å². The van der Waals surface area contributed by atoms with Crippen LogP contribution in [-0.4, -0.2) is 10.9 Å². The maximum atomic E-state index is 11.7. The number of hydrogen-bond donors (Lipinski definition) is 2. The fourth-order valence-electron chi connectivity index (χ4n) is 2.72. The van der Waals surface area contributed by atoms with Crippen molar-refractivity contribution in [2.45, 2.75) is 13.1 Å². The Morgan fingerprint density at radius 3 is 2.87 bits per heavy atom. The highest BCUT2D eigenvalue weighted by atomic mass is 16.3. The molecule has 2 N–H and O–H groups in total. The fraction of sp³-hybridized carbons (Fsp3) is 0.111. The average Bonchev–Trinajstić information content (AvgIpc) is 3.22. The molecule has 0 saturated carbocycles. The molecule has 2 heterocycles. The molecule has 5 nitrogen and oxygen atoms in total. The monoisotopic (exact) mass is 305 g/mol. The first-order valence-corrected chi connectivity index (χ1v) is 7.45. The number of nitrogens with zero attached hydrogens (tertiary/aromatic N) is 1. The molecule has 3 aromatic rings. The van der Waals surface area contributed by atoms with Crippen LogP contribution in [0, 0.1) is 0 Å². The van der Waals surface area contributed by atoms with Gasteiger partial charge in [0.15, 0.2) is 0 Å². The Balaban J connectivity index is 1.51. The molecule has 0 unspecified atom stereocenters. The smallest absolute Gasteiger partial charge is 0.251 e. The first-order valence-electron chi connectivity index (χ1n) is 7.45. The fourth-order valence-corrected chi connectivity index (χ4v) is 2.72. The van der Waals surface area contributed by atoms with Gasteiger partial charge < -0.3 is 15.1 Å². The van der Waals surface area contributed by atoms with Gasteiger partial charge in [0.05, 0.1) is 6.54 Å². The summed E-state index contributed by atoms with van der Waals surface area (Å²) < 4.78 is 5.53. The van der Waals surface area contributed by atoms with Crippen LogP contribution in [0.1, 0.15) is 21.8 Å². The molecule has 2 aromatic carbocycles. The first-order chi connectivity index (χ1) is 11.3. The summed E-state index contributed by atoms with van der Waals surface area (Å²) in [5, 5.41) is 6.13. The molecule has 0 saturated heterocycles. The molecule has 0 fully saturated rings. The summed E-state index contributed by atoms with van der Waals surface area (Å²) in [4.78, 5) is 16.2. The molecule has 0 spiro atoms. The van der Waals surface area contributed by atoms with E-state index in [9.17, 15) is 4.79 Å². The molecule has 0 atom stereocenters. The number of benzene rings is 2. The van der Waals surface area contributed by atoms with Gasteiger partial charge in [-0.05, 0) is 12.1 Å². The van der Waals surface area contributed by atoms with Crippen molar-refractivity contribution in [3.63, 3.8) is 0 Å². The standard InChI is InChI=1S/C18H15N3O2/c22-18-13-7-4-8-15(14(13)9-20-18)19-10-17-21-16(11-23-17)12-5-2-1-3-6-12/h1-8,11,19H,9-10H2,(H,20,22). The van der Waals surface area contributed by atoms with Gasteiger partial charge >= 0.3 is 0 Å². The van der Waals surface area contributed by atoms with Crippen LogP contribution in [0.15, 0.2) is 59.2 Å². The Labute approximate surface area is 133 Å². The zero-order valence-corrected chi connectivity index (χ0v) is 12.4. The summed E-state index contributed by atoms with van der Waals surface area (Å²) in [5.74, 6) is 0.588. The molecule has 1 aliphatic rings. The number of amides is 1. The van der Waals surface area contributed by atoms with E-state index in [1.54, 1.807) is 6.26 Å². The highest BCUT2D eigenvalue weighted by molar-refractivity contribution is 5.99. The summed E-state index contributed by atoms with van der Waals surface area (Å²) in [6.07, 6.45) is 1.66. The van der Waals surface area contributed by atoms with Crippen LogP contribution >= 0.6 is 0 Å². The molecule has 23 heavy (non-hydrogen) atoms. The van der Waals surface area contributed by atoms with E-state index in [4.69, 9.17) is 4.42 Å². The Hall–Kier alpha value is -3.08. The summed E-state index contributed by atoms with van der Waals surface area (Å²) >= 11 is 0. The first kappa shape index (κ1) is 13.6. The normalized spacial score (nSPS) is 12.8. The van der Waals surface area contributed by atoms with Gasteiger partial charge in [0.2, 0.25) is 5.89 Å². The third-order valence-corrected chi connectivity index (χ3v) is 3.90. The van der Waals surface area contributed by atoms with E-state index < -0.39 is 0 Å². The molecule has 5 heteroatoms. The van der Waals surface area contributed by atoms with E-state index in [1.807, 2.05) is 48.5 Å². The molecular formula is C18H15N3O2.